The van der Waals surface area contributed by atoms with Crippen LogP contribution in [0.3, 0.4) is 0 Å². The van der Waals surface area contributed by atoms with Crippen LogP contribution in [0.1, 0.15) is 66.3 Å². The van der Waals surface area contributed by atoms with Gasteiger partial charge in [0.25, 0.3) is 0 Å². The fourth-order valence-corrected chi connectivity index (χ4v) is 6.75. The molecule has 5 rings (SSSR count). The van der Waals surface area contributed by atoms with E-state index in [0.717, 1.165) is 51.7 Å². The zero-order valence-electron chi connectivity index (χ0n) is 23.8. The minimum absolute atomic E-state index is 0. The SMILES string of the molecule is CC(C)(O)c1ccccc1CC[C@H](SCC1(C(=O)[O-])CC1)c1cccc(C=Cc2ccc3ccc(Cl)cc3n2)c1.[Na+]. The first-order valence-electron chi connectivity index (χ1n) is 13.6. The predicted molar refractivity (Wildman–Crippen MR) is 164 cm³/mol. The van der Waals surface area contributed by atoms with Gasteiger partial charge in [-0.05, 0) is 86.1 Å². The van der Waals surface area contributed by atoms with Gasteiger partial charge in [-0.2, -0.15) is 11.8 Å². The molecule has 1 heterocycles. The number of halogens is 1. The number of aryl methyl sites for hydroxylation is 1. The topological polar surface area (TPSA) is 73.2 Å². The van der Waals surface area contributed by atoms with Gasteiger partial charge in [-0.25, -0.2) is 4.98 Å². The number of hydrogen-bond donors (Lipinski definition) is 1. The van der Waals surface area contributed by atoms with Crippen LogP contribution in [0, 0.1) is 5.41 Å². The molecular weight excluding hydrogens is 561 g/mol. The first-order chi connectivity index (χ1) is 19.1. The van der Waals surface area contributed by atoms with E-state index in [1.54, 1.807) is 11.8 Å². The van der Waals surface area contributed by atoms with Crippen molar-refractivity contribution in [1.29, 1.82) is 0 Å². The second kappa shape index (κ2) is 13.5. The molecule has 1 aromatic heterocycles. The maximum Gasteiger partial charge on any atom is 1.00 e. The number of pyridine rings is 1. The summed E-state index contributed by atoms with van der Waals surface area (Å²) in [6.45, 7) is 3.62. The molecular formula is C34H33ClNNaO3S. The van der Waals surface area contributed by atoms with Gasteiger partial charge in [-0.1, -0.05) is 78.3 Å². The summed E-state index contributed by atoms with van der Waals surface area (Å²) >= 11 is 7.85. The Kier molecular flexibility index (Phi) is 10.4. The summed E-state index contributed by atoms with van der Waals surface area (Å²) in [5, 5.41) is 24.3. The number of fused-ring (bicyclic) bond motifs is 1. The van der Waals surface area contributed by atoms with E-state index in [1.807, 2.05) is 74.5 Å². The van der Waals surface area contributed by atoms with Crippen LogP contribution in [0.15, 0.2) is 78.9 Å². The van der Waals surface area contributed by atoms with Gasteiger partial charge in [0, 0.05) is 32.8 Å². The third-order valence-corrected chi connectivity index (χ3v) is 9.47. The number of aromatic nitrogens is 1. The van der Waals surface area contributed by atoms with Crippen molar-refractivity contribution in [3.05, 3.63) is 112 Å². The molecule has 0 radical (unpaired) electrons. The van der Waals surface area contributed by atoms with E-state index in [0.29, 0.717) is 23.6 Å². The van der Waals surface area contributed by atoms with Crippen molar-refractivity contribution in [2.45, 2.75) is 50.4 Å². The first kappa shape index (κ1) is 31.8. The number of aliphatic hydroxyl groups is 1. The Bertz CT molecular complexity index is 1560. The third kappa shape index (κ3) is 8.04. The number of carboxylic acids is 1. The van der Waals surface area contributed by atoms with Gasteiger partial charge in [0.05, 0.1) is 16.8 Å². The van der Waals surface area contributed by atoms with E-state index in [4.69, 9.17) is 16.6 Å². The maximum atomic E-state index is 11.8. The minimum Gasteiger partial charge on any atom is -0.550 e. The van der Waals surface area contributed by atoms with Gasteiger partial charge in [0.2, 0.25) is 0 Å². The number of nitrogens with zero attached hydrogens (tertiary/aromatic N) is 1. The van der Waals surface area contributed by atoms with Gasteiger partial charge < -0.3 is 15.0 Å². The van der Waals surface area contributed by atoms with E-state index in [2.05, 4.69) is 30.3 Å². The molecule has 0 aliphatic heterocycles. The average Bonchev–Trinajstić information content (AvgIpc) is 3.73. The molecule has 41 heavy (non-hydrogen) atoms. The van der Waals surface area contributed by atoms with E-state index >= 15 is 0 Å². The Morgan fingerprint density at radius 3 is 2.56 bits per heavy atom. The Labute approximate surface area is 273 Å². The van der Waals surface area contributed by atoms with Crippen molar-refractivity contribution in [1.82, 2.24) is 4.98 Å². The number of hydrogen-bond acceptors (Lipinski definition) is 5. The molecule has 1 aliphatic rings. The fraction of sp³-hybridized carbons (Fsp3) is 0.294. The summed E-state index contributed by atoms with van der Waals surface area (Å²) in [5.74, 6) is -0.400. The third-order valence-electron chi connectivity index (χ3n) is 7.60. The van der Waals surface area contributed by atoms with Crippen LogP contribution in [0.4, 0.5) is 0 Å². The molecule has 4 aromatic rings. The number of benzene rings is 3. The molecule has 206 valence electrons. The largest absolute Gasteiger partial charge is 1.00 e. The summed E-state index contributed by atoms with van der Waals surface area (Å²) in [6.07, 6.45) is 7.01. The van der Waals surface area contributed by atoms with Gasteiger partial charge in [0.1, 0.15) is 0 Å². The van der Waals surface area contributed by atoms with Crippen LogP contribution in [-0.2, 0) is 16.8 Å². The van der Waals surface area contributed by atoms with Crippen LogP contribution in [0.2, 0.25) is 5.02 Å². The Hall–Kier alpha value is -2.12. The number of carboxylic acid groups (broad SMARTS) is 1. The maximum absolute atomic E-state index is 11.8. The van der Waals surface area contributed by atoms with Gasteiger partial charge >= 0.3 is 29.6 Å². The van der Waals surface area contributed by atoms with Gasteiger partial charge in [0.15, 0.2) is 0 Å². The molecule has 0 saturated heterocycles. The van der Waals surface area contributed by atoms with E-state index in [9.17, 15) is 15.0 Å². The van der Waals surface area contributed by atoms with Crippen molar-refractivity contribution < 1.29 is 44.6 Å². The Morgan fingerprint density at radius 1 is 1.07 bits per heavy atom. The summed E-state index contributed by atoms with van der Waals surface area (Å²) in [6, 6.07) is 26.1. The molecule has 0 spiro atoms. The predicted octanol–water partition coefficient (Wildman–Crippen LogP) is 4.23. The second-order valence-corrected chi connectivity index (χ2v) is 12.8. The number of carbonyl (C=O) groups is 1. The average molecular weight is 594 g/mol. The Balaban J connectivity index is 0.00000387. The van der Waals surface area contributed by atoms with Crippen LogP contribution in [0.5, 0.6) is 0 Å². The molecule has 1 saturated carbocycles. The van der Waals surface area contributed by atoms with Crippen LogP contribution in [0.25, 0.3) is 23.1 Å². The first-order valence-corrected chi connectivity index (χ1v) is 15.0. The molecule has 1 fully saturated rings. The zero-order valence-corrected chi connectivity index (χ0v) is 27.3. The summed E-state index contributed by atoms with van der Waals surface area (Å²) in [7, 11) is 0. The van der Waals surface area contributed by atoms with Crippen molar-refractivity contribution in [2.75, 3.05) is 5.75 Å². The van der Waals surface area contributed by atoms with Gasteiger partial charge in [-0.3, -0.25) is 0 Å². The fourth-order valence-electron chi connectivity index (χ4n) is 5.03. The van der Waals surface area contributed by atoms with Crippen molar-refractivity contribution in [2.24, 2.45) is 5.41 Å². The van der Waals surface area contributed by atoms with Crippen molar-refractivity contribution in [3.63, 3.8) is 0 Å². The molecule has 3 aromatic carbocycles. The number of rotatable bonds is 11. The summed E-state index contributed by atoms with van der Waals surface area (Å²) < 4.78 is 0. The number of aliphatic carboxylic acids is 1. The summed E-state index contributed by atoms with van der Waals surface area (Å²) in [4.78, 5) is 16.5. The molecule has 1 atom stereocenters. The van der Waals surface area contributed by atoms with E-state index in [1.165, 1.54) is 0 Å². The van der Waals surface area contributed by atoms with Crippen LogP contribution >= 0.6 is 23.4 Å². The molecule has 0 bridgehead atoms. The smallest absolute Gasteiger partial charge is 0.550 e. The summed E-state index contributed by atoms with van der Waals surface area (Å²) in [5.41, 5.74) is 4.31. The van der Waals surface area contributed by atoms with Crippen LogP contribution in [-0.4, -0.2) is 21.8 Å². The zero-order chi connectivity index (χ0) is 28.3. The molecule has 7 heteroatoms. The van der Waals surface area contributed by atoms with Crippen LogP contribution < -0.4 is 34.7 Å². The quantitative estimate of drug-likeness (QED) is 0.264. The molecule has 0 amide bonds. The van der Waals surface area contributed by atoms with Crippen molar-refractivity contribution in [3.8, 4) is 0 Å². The number of thioether (sulfide) groups is 1. The molecule has 1 aliphatic carbocycles. The molecule has 4 nitrogen and oxygen atoms in total. The van der Waals surface area contributed by atoms with Crippen molar-refractivity contribution >= 4 is 52.4 Å². The second-order valence-electron chi connectivity index (χ2n) is 11.2. The van der Waals surface area contributed by atoms with E-state index in [-0.39, 0.29) is 34.8 Å². The monoisotopic (exact) mass is 593 g/mol. The number of carbonyl (C=O) groups excluding carboxylic acids is 1. The standard InChI is InChI=1S/C34H34ClNO3S.Na/c1-33(2,39)29-9-4-3-7-24(29)13-17-31(40-22-34(18-19-34)32(37)38)26-8-5-6-23(20-26)10-15-28-16-12-25-11-14-27(35)21-30(25)36-28;/h3-12,14-16,20-21,31,39H,13,17-19,22H2,1-2H3,(H,37,38);/q;+1/p-1/t31-;/m0./s1. The Morgan fingerprint density at radius 2 is 1.83 bits per heavy atom. The normalized spacial score (nSPS) is 15.0. The molecule has 1 N–H and O–H groups in total. The molecule has 0 unspecified atom stereocenters. The van der Waals surface area contributed by atoms with E-state index < -0.39 is 17.0 Å². The van der Waals surface area contributed by atoms with Gasteiger partial charge in [-0.15, -0.1) is 0 Å². The minimum atomic E-state index is -0.938.